The van der Waals surface area contributed by atoms with Crippen LogP contribution >= 0.6 is 0 Å². The molecule has 4 amide bonds. The summed E-state index contributed by atoms with van der Waals surface area (Å²) in [4.78, 5) is 43.8. The lowest BCUT2D eigenvalue weighted by Crippen LogP contribution is -2.55. The largest absolute Gasteiger partial charge is 0.342 e. The van der Waals surface area contributed by atoms with Crippen molar-refractivity contribution in [2.24, 2.45) is 5.92 Å². The average molecular weight is 362 g/mol. The number of nitrogens with zero attached hydrogens (tertiary/aromatic N) is 3. The predicted molar refractivity (Wildman–Crippen MR) is 96.4 cm³/mol. The highest BCUT2D eigenvalue weighted by molar-refractivity contribution is 6.07. The van der Waals surface area contributed by atoms with Crippen LogP contribution in [0.5, 0.6) is 0 Å². The third kappa shape index (κ3) is 2.90. The van der Waals surface area contributed by atoms with E-state index in [2.05, 4.69) is 17.1 Å². The lowest BCUT2D eigenvalue weighted by atomic mass is 9.83. The van der Waals surface area contributed by atoms with Gasteiger partial charge in [-0.2, -0.15) is 0 Å². The van der Waals surface area contributed by atoms with Gasteiger partial charge < -0.3 is 15.1 Å². The smallest absolute Gasteiger partial charge is 0.325 e. The number of piperidine rings is 2. The van der Waals surface area contributed by atoms with E-state index >= 15 is 0 Å². The second-order valence-electron chi connectivity index (χ2n) is 8.31. The van der Waals surface area contributed by atoms with E-state index in [0.29, 0.717) is 38.8 Å². The fourth-order valence-corrected chi connectivity index (χ4v) is 4.82. The van der Waals surface area contributed by atoms with E-state index < -0.39 is 5.54 Å². The van der Waals surface area contributed by atoms with Crippen LogP contribution in [0.25, 0.3) is 0 Å². The van der Waals surface area contributed by atoms with E-state index in [0.717, 1.165) is 38.9 Å². The fraction of sp³-hybridized carbons (Fsp3) is 0.842. The number of urea groups is 1. The van der Waals surface area contributed by atoms with Gasteiger partial charge in [-0.15, -0.1) is 0 Å². The molecule has 1 spiro atoms. The molecule has 144 valence electrons. The third-order valence-corrected chi connectivity index (χ3v) is 6.95. The van der Waals surface area contributed by atoms with Gasteiger partial charge in [0.1, 0.15) is 5.54 Å². The van der Waals surface area contributed by atoms with E-state index in [9.17, 15) is 14.4 Å². The first-order chi connectivity index (χ1) is 12.5. The summed E-state index contributed by atoms with van der Waals surface area (Å²) >= 11 is 0. The number of rotatable bonds is 3. The third-order valence-electron chi connectivity index (χ3n) is 6.95. The van der Waals surface area contributed by atoms with E-state index in [1.807, 2.05) is 4.90 Å². The van der Waals surface area contributed by atoms with E-state index in [1.165, 1.54) is 4.90 Å². The van der Waals surface area contributed by atoms with Crippen molar-refractivity contribution in [2.75, 3.05) is 32.7 Å². The molecule has 1 N–H and O–H groups in total. The molecular weight excluding hydrogens is 332 g/mol. The highest BCUT2D eigenvalue weighted by atomic mass is 16.2. The molecule has 0 radical (unpaired) electrons. The molecule has 1 saturated carbocycles. The molecule has 4 fully saturated rings. The summed E-state index contributed by atoms with van der Waals surface area (Å²) < 4.78 is 0. The molecule has 7 nitrogen and oxygen atoms in total. The number of imide groups is 1. The Morgan fingerprint density at radius 1 is 1.08 bits per heavy atom. The van der Waals surface area contributed by atoms with Gasteiger partial charge in [0.05, 0.1) is 0 Å². The normalized spacial score (nSPS) is 27.7. The number of nitrogens with one attached hydrogen (secondary N) is 1. The van der Waals surface area contributed by atoms with Crippen LogP contribution in [0, 0.1) is 5.92 Å². The Morgan fingerprint density at radius 3 is 2.27 bits per heavy atom. The highest BCUT2D eigenvalue weighted by Gasteiger charge is 2.54. The summed E-state index contributed by atoms with van der Waals surface area (Å²) in [5.74, 6) is 0.451. The number of carbonyl (C=O) groups is 3. The van der Waals surface area contributed by atoms with E-state index in [-0.39, 0.29) is 29.8 Å². The molecule has 26 heavy (non-hydrogen) atoms. The molecule has 0 aromatic rings. The number of likely N-dealkylation sites (tertiary alicyclic amines) is 2. The maximum Gasteiger partial charge on any atom is 0.325 e. The first-order valence-corrected chi connectivity index (χ1v) is 10.2. The summed E-state index contributed by atoms with van der Waals surface area (Å²) in [6.07, 6.45) is 5.99. The highest BCUT2D eigenvalue weighted by Crippen LogP contribution is 2.34. The fourth-order valence-electron chi connectivity index (χ4n) is 4.82. The maximum absolute atomic E-state index is 13.1. The summed E-state index contributed by atoms with van der Waals surface area (Å²) in [6.45, 7) is 6.13. The first-order valence-electron chi connectivity index (χ1n) is 10.2. The van der Waals surface area contributed by atoms with Crippen molar-refractivity contribution in [2.45, 2.75) is 63.5 Å². The van der Waals surface area contributed by atoms with Crippen molar-refractivity contribution in [3.05, 3.63) is 0 Å². The Labute approximate surface area is 155 Å². The Balaban J connectivity index is 1.37. The quantitative estimate of drug-likeness (QED) is 0.766. The van der Waals surface area contributed by atoms with Gasteiger partial charge >= 0.3 is 6.03 Å². The monoisotopic (exact) mass is 362 g/mol. The Hall–Kier alpha value is -1.63. The van der Waals surface area contributed by atoms with Gasteiger partial charge in [0.15, 0.2) is 0 Å². The lowest BCUT2D eigenvalue weighted by Gasteiger charge is -2.39. The zero-order valence-corrected chi connectivity index (χ0v) is 15.7. The zero-order valence-electron chi connectivity index (χ0n) is 15.7. The van der Waals surface area contributed by atoms with Crippen LogP contribution in [0.3, 0.4) is 0 Å². The van der Waals surface area contributed by atoms with Crippen molar-refractivity contribution in [3.8, 4) is 0 Å². The minimum atomic E-state index is -0.693. The molecular formula is C19H30N4O3. The molecule has 1 aliphatic carbocycles. The number of carbonyl (C=O) groups excluding carboxylic acids is 3. The SMILES string of the molecule is CCN1CCC2(CC1)NC(=O)N(C1CCN(C(=O)C3CCC3)CC1)C2=O. The second kappa shape index (κ2) is 6.83. The average Bonchev–Trinajstić information content (AvgIpc) is 2.84. The zero-order chi connectivity index (χ0) is 18.3. The molecule has 0 aromatic carbocycles. The molecule has 4 aliphatic rings. The van der Waals surface area contributed by atoms with Crippen molar-refractivity contribution in [1.29, 1.82) is 0 Å². The van der Waals surface area contributed by atoms with Crippen LogP contribution in [0.4, 0.5) is 4.79 Å². The molecule has 7 heteroatoms. The number of hydrogen-bond acceptors (Lipinski definition) is 4. The van der Waals surface area contributed by atoms with Crippen molar-refractivity contribution >= 4 is 17.8 Å². The lowest BCUT2D eigenvalue weighted by molar-refractivity contribution is -0.140. The second-order valence-corrected chi connectivity index (χ2v) is 8.31. The van der Waals surface area contributed by atoms with Crippen LogP contribution in [-0.4, -0.2) is 76.8 Å². The van der Waals surface area contributed by atoms with Crippen molar-refractivity contribution < 1.29 is 14.4 Å². The van der Waals surface area contributed by atoms with Gasteiger partial charge in [0, 0.05) is 38.1 Å². The van der Waals surface area contributed by atoms with Crippen molar-refractivity contribution in [1.82, 2.24) is 20.0 Å². The summed E-state index contributed by atoms with van der Waals surface area (Å²) in [5.41, 5.74) is -0.693. The Morgan fingerprint density at radius 2 is 1.73 bits per heavy atom. The minimum absolute atomic E-state index is 0.0398. The standard InChI is InChI=1S/C19H30N4O3/c1-2-21-12-8-19(9-13-21)17(25)23(18(26)20-19)15-6-10-22(11-7-15)16(24)14-4-3-5-14/h14-15H,2-13H2,1H3,(H,20,26). The molecule has 0 unspecified atom stereocenters. The van der Waals surface area contributed by atoms with Gasteiger partial charge in [-0.05, 0) is 45.1 Å². The Kier molecular flexibility index (Phi) is 4.67. The van der Waals surface area contributed by atoms with Gasteiger partial charge in [-0.3, -0.25) is 14.5 Å². The summed E-state index contributed by atoms with van der Waals surface area (Å²) in [5, 5.41) is 3.01. The molecule has 0 bridgehead atoms. The molecule has 3 saturated heterocycles. The first kappa shape index (κ1) is 17.8. The van der Waals surface area contributed by atoms with E-state index in [1.54, 1.807) is 0 Å². The van der Waals surface area contributed by atoms with Crippen LogP contribution in [-0.2, 0) is 9.59 Å². The molecule has 4 rings (SSSR count). The van der Waals surface area contributed by atoms with Gasteiger partial charge in [-0.1, -0.05) is 13.3 Å². The molecule has 0 aromatic heterocycles. The van der Waals surface area contributed by atoms with Crippen LogP contribution in [0.1, 0.15) is 51.9 Å². The van der Waals surface area contributed by atoms with Crippen molar-refractivity contribution in [3.63, 3.8) is 0 Å². The molecule has 3 heterocycles. The van der Waals surface area contributed by atoms with Crippen LogP contribution in [0.2, 0.25) is 0 Å². The van der Waals surface area contributed by atoms with Gasteiger partial charge in [0.2, 0.25) is 5.91 Å². The number of hydrogen-bond donors (Lipinski definition) is 1. The van der Waals surface area contributed by atoms with Crippen LogP contribution < -0.4 is 5.32 Å². The Bertz CT molecular complexity index is 588. The van der Waals surface area contributed by atoms with Gasteiger partial charge in [0.25, 0.3) is 5.91 Å². The van der Waals surface area contributed by atoms with Gasteiger partial charge in [-0.25, -0.2) is 4.79 Å². The molecule has 3 aliphatic heterocycles. The topological polar surface area (TPSA) is 73.0 Å². The number of amides is 4. The maximum atomic E-state index is 13.1. The van der Waals surface area contributed by atoms with Crippen LogP contribution in [0.15, 0.2) is 0 Å². The summed E-state index contributed by atoms with van der Waals surface area (Å²) in [6, 6.07) is -0.305. The van der Waals surface area contributed by atoms with E-state index in [4.69, 9.17) is 0 Å². The predicted octanol–water partition coefficient (Wildman–Crippen LogP) is 1.18. The molecule has 0 atom stereocenters. The summed E-state index contributed by atoms with van der Waals surface area (Å²) in [7, 11) is 0. The minimum Gasteiger partial charge on any atom is -0.342 e.